The Morgan fingerprint density at radius 2 is 2.10 bits per heavy atom. The lowest BCUT2D eigenvalue weighted by atomic mass is 9.93. The van der Waals surface area contributed by atoms with Gasteiger partial charge in [0.05, 0.1) is 23.1 Å². The number of nitrogens with one attached hydrogen (secondary N) is 1. The summed E-state index contributed by atoms with van der Waals surface area (Å²) >= 11 is 7.58. The molecule has 0 spiro atoms. The van der Waals surface area contributed by atoms with E-state index in [9.17, 15) is 4.79 Å². The summed E-state index contributed by atoms with van der Waals surface area (Å²) in [6.07, 6.45) is 3.30. The second-order valence-corrected chi connectivity index (χ2v) is 10.7. The van der Waals surface area contributed by atoms with Crippen molar-refractivity contribution in [2.75, 3.05) is 18.4 Å². The fraction of sp³-hybridized carbons (Fsp3) is 0.524. The number of hydrogen-bond donors (Lipinski definition) is 1. The molecule has 31 heavy (non-hydrogen) atoms. The molecule has 1 aliphatic heterocycles. The third-order valence-electron chi connectivity index (χ3n) is 5.41. The average molecular weight is 463 g/mol. The van der Waals surface area contributed by atoms with E-state index in [2.05, 4.69) is 20.4 Å². The molecule has 0 amide bonds. The van der Waals surface area contributed by atoms with Gasteiger partial charge in [-0.05, 0) is 38.1 Å². The van der Waals surface area contributed by atoms with Crippen LogP contribution in [0.15, 0.2) is 29.1 Å². The topological polar surface area (TPSA) is 89.1 Å². The van der Waals surface area contributed by atoms with E-state index in [1.54, 1.807) is 0 Å². The van der Waals surface area contributed by atoms with Crippen molar-refractivity contribution in [2.45, 2.75) is 52.6 Å². The Kier molecular flexibility index (Phi) is 6.45. The van der Waals surface area contributed by atoms with E-state index in [1.165, 1.54) is 22.4 Å². The van der Waals surface area contributed by atoms with Crippen LogP contribution in [0.5, 0.6) is 0 Å². The first kappa shape index (κ1) is 22.0. The number of nitrogens with zero attached hydrogens (tertiary/aromatic N) is 5. The zero-order valence-electron chi connectivity index (χ0n) is 18.0. The number of likely N-dealkylation sites (tertiary alicyclic amines) is 1. The van der Waals surface area contributed by atoms with Crippen LogP contribution < -0.4 is 5.32 Å². The van der Waals surface area contributed by atoms with Crippen molar-refractivity contribution in [3.8, 4) is 0 Å². The minimum atomic E-state index is -0.528. The fourth-order valence-electron chi connectivity index (χ4n) is 3.67. The summed E-state index contributed by atoms with van der Waals surface area (Å²) in [7, 11) is 0. The van der Waals surface area contributed by atoms with Crippen molar-refractivity contribution >= 4 is 34.7 Å². The highest BCUT2D eigenvalue weighted by molar-refractivity contribution is 7.16. The van der Waals surface area contributed by atoms with E-state index in [0.29, 0.717) is 24.8 Å². The summed E-state index contributed by atoms with van der Waals surface area (Å²) < 4.78 is 7.11. The Bertz CT molecular complexity index is 1020. The molecule has 3 aromatic rings. The third kappa shape index (κ3) is 5.34. The molecule has 0 bridgehead atoms. The minimum Gasteiger partial charge on any atom is -0.365 e. The second-order valence-electron chi connectivity index (χ2n) is 8.88. The van der Waals surface area contributed by atoms with Gasteiger partial charge < -0.3 is 9.84 Å². The van der Waals surface area contributed by atoms with Crippen molar-refractivity contribution < 1.29 is 9.32 Å². The van der Waals surface area contributed by atoms with Crippen LogP contribution in [0.25, 0.3) is 0 Å². The first-order valence-corrected chi connectivity index (χ1v) is 11.6. The molecule has 4 rings (SSSR count). The molecular formula is C21H27ClN6O2S. The van der Waals surface area contributed by atoms with Gasteiger partial charge in [0, 0.05) is 22.3 Å². The Hall–Kier alpha value is -2.23. The maximum atomic E-state index is 13.0. The van der Waals surface area contributed by atoms with Crippen LogP contribution >= 0.6 is 22.9 Å². The summed E-state index contributed by atoms with van der Waals surface area (Å²) in [4.78, 5) is 20.6. The first-order valence-electron chi connectivity index (χ1n) is 10.4. The lowest BCUT2D eigenvalue weighted by Crippen LogP contribution is -2.33. The molecule has 0 radical (unpaired) electrons. The van der Waals surface area contributed by atoms with Crippen molar-refractivity contribution in [3.05, 3.63) is 45.3 Å². The average Bonchev–Trinajstić information content (AvgIpc) is 3.47. The van der Waals surface area contributed by atoms with Crippen LogP contribution in [0.1, 0.15) is 60.7 Å². The predicted octanol–water partition coefficient (Wildman–Crippen LogP) is 4.66. The van der Waals surface area contributed by atoms with E-state index in [1.807, 2.05) is 39.0 Å². The van der Waals surface area contributed by atoms with Gasteiger partial charge >= 0.3 is 0 Å². The summed E-state index contributed by atoms with van der Waals surface area (Å²) in [5.41, 5.74) is 0.434. The molecule has 0 unspecified atom stereocenters. The zero-order valence-corrected chi connectivity index (χ0v) is 19.5. The van der Waals surface area contributed by atoms with Gasteiger partial charge in [0.1, 0.15) is 5.82 Å². The minimum absolute atomic E-state index is 0.0278. The normalized spacial score (nSPS) is 16.0. The van der Waals surface area contributed by atoms with Crippen LogP contribution in [0.2, 0.25) is 4.34 Å². The highest BCUT2D eigenvalue weighted by atomic mass is 35.5. The Morgan fingerprint density at radius 1 is 1.32 bits per heavy atom. The molecule has 1 saturated heterocycles. The molecule has 1 aliphatic rings. The number of carbonyl (C=O) groups excluding carboxylic acids is 1. The number of anilines is 1. The molecule has 10 heteroatoms. The molecule has 8 nitrogen and oxygen atoms in total. The van der Waals surface area contributed by atoms with Crippen molar-refractivity contribution in [3.63, 3.8) is 0 Å². The van der Waals surface area contributed by atoms with Crippen molar-refractivity contribution in [2.24, 2.45) is 5.41 Å². The highest BCUT2D eigenvalue weighted by Crippen LogP contribution is 2.31. The Balaban J connectivity index is 1.47. The van der Waals surface area contributed by atoms with Gasteiger partial charge in [-0.1, -0.05) is 37.5 Å². The molecule has 1 N–H and O–H groups in total. The molecule has 0 aromatic carbocycles. The molecular weight excluding hydrogens is 436 g/mol. The van der Waals surface area contributed by atoms with Crippen LogP contribution in [-0.4, -0.2) is 43.8 Å². The number of rotatable bonds is 6. The standard InChI is InChI=1S/C21H27ClN6O2S/c1-21(2,3)20(29)28-19(23-11-15-4-5-17(22)31-15)10-16(25-28)14-6-8-27(9-7-14)12-18-24-13-30-26-18/h4-5,10,13-14,23H,6-9,11-12H2,1-3H3. The number of hydrogen-bond acceptors (Lipinski definition) is 8. The lowest BCUT2D eigenvalue weighted by molar-refractivity contribution is 0.0750. The van der Waals surface area contributed by atoms with Crippen LogP contribution in [0.4, 0.5) is 5.82 Å². The quantitative estimate of drug-likeness (QED) is 0.569. The SMILES string of the molecule is CC(C)(C)C(=O)n1nc(C2CCN(Cc3ncon3)CC2)cc1NCc1ccc(Cl)s1. The summed E-state index contributed by atoms with van der Waals surface area (Å²) in [6.45, 7) is 8.88. The Labute approximate surface area is 190 Å². The highest BCUT2D eigenvalue weighted by Gasteiger charge is 2.29. The monoisotopic (exact) mass is 462 g/mol. The lowest BCUT2D eigenvalue weighted by Gasteiger charge is -2.30. The number of thiophene rings is 1. The zero-order chi connectivity index (χ0) is 22.0. The van der Waals surface area contributed by atoms with Crippen molar-refractivity contribution in [1.29, 1.82) is 0 Å². The van der Waals surface area contributed by atoms with Gasteiger partial charge in [-0.2, -0.15) is 14.8 Å². The summed E-state index contributed by atoms with van der Waals surface area (Å²) in [5.74, 6) is 1.72. The number of piperidine rings is 1. The predicted molar refractivity (Wildman–Crippen MR) is 121 cm³/mol. The van der Waals surface area contributed by atoms with Gasteiger partial charge in [0.2, 0.25) is 6.39 Å². The first-order chi connectivity index (χ1) is 14.8. The molecule has 166 valence electrons. The maximum Gasteiger partial charge on any atom is 0.254 e. The van der Waals surface area contributed by atoms with Gasteiger partial charge in [0.25, 0.3) is 5.91 Å². The number of halogens is 1. The largest absolute Gasteiger partial charge is 0.365 e. The van der Waals surface area contributed by atoms with Crippen LogP contribution in [0.3, 0.4) is 0 Å². The van der Waals surface area contributed by atoms with Crippen LogP contribution in [-0.2, 0) is 13.1 Å². The van der Waals surface area contributed by atoms with E-state index < -0.39 is 5.41 Å². The summed E-state index contributed by atoms with van der Waals surface area (Å²) in [6, 6.07) is 5.90. The number of carbonyl (C=O) groups is 1. The molecule has 0 aliphatic carbocycles. The molecule has 1 fully saturated rings. The van der Waals surface area contributed by atoms with Gasteiger partial charge in [-0.25, -0.2) is 0 Å². The van der Waals surface area contributed by atoms with Gasteiger partial charge in [-0.15, -0.1) is 11.3 Å². The smallest absolute Gasteiger partial charge is 0.254 e. The number of aromatic nitrogens is 4. The van der Waals surface area contributed by atoms with Gasteiger partial charge in [0.15, 0.2) is 5.82 Å². The van der Waals surface area contributed by atoms with E-state index in [0.717, 1.165) is 46.7 Å². The van der Waals surface area contributed by atoms with Crippen LogP contribution in [0, 0.1) is 5.41 Å². The van der Waals surface area contributed by atoms with Gasteiger partial charge in [-0.3, -0.25) is 9.69 Å². The van der Waals surface area contributed by atoms with Crippen molar-refractivity contribution in [1.82, 2.24) is 24.8 Å². The maximum absolute atomic E-state index is 13.0. The summed E-state index contributed by atoms with van der Waals surface area (Å²) in [5, 5.41) is 12.0. The van der Waals surface area contributed by atoms with E-state index in [-0.39, 0.29) is 5.91 Å². The third-order valence-corrected chi connectivity index (χ3v) is 6.64. The van der Waals surface area contributed by atoms with E-state index >= 15 is 0 Å². The fourth-order valence-corrected chi connectivity index (χ4v) is 4.70. The van der Waals surface area contributed by atoms with E-state index in [4.69, 9.17) is 21.2 Å². The molecule has 0 saturated carbocycles. The molecule has 3 aromatic heterocycles. The molecule has 0 atom stereocenters. The Morgan fingerprint density at radius 3 is 2.71 bits per heavy atom. The molecule has 4 heterocycles. The second kappa shape index (κ2) is 9.10.